The highest BCUT2D eigenvalue weighted by molar-refractivity contribution is 5.84. The molecule has 0 saturated carbocycles. The maximum absolute atomic E-state index is 12.3. The van der Waals surface area contributed by atoms with Crippen LogP contribution in [0.1, 0.15) is 26.7 Å². The molecule has 2 aliphatic rings. The van der Waals surface area contributed by atoms with Gasteiger partial charge in [-0.1, -0.05) is 6.92 Å². The van der Waals surface area contributed by atoms with Gasteiger partial charge in [0.15, 0.2) is 0 Å². The number of ether oxygens (including phenoxy) is 1. The molecule has 2 saturated heterocycles. The SMILES string of the molecule is CC1CCCNC1C(=O)NC1COCC1(C)C(=O)O. The molecule has 0 aromatic heterocycles. The van der Waals surface area contributed by atoms with Crippen LogP contribution in [0.5, 0.6) is 0 Å². The first-order valence-corrected chi connectivity index (χ1v) is 6.80. The molecular weight excluding hydrogens is 248 g/mol. The molecule has 0 aromatic rings. The van der Waals surface area contributed by atoms with Crippen LogP contribution in [-0.2, 0) is 14.3 Å². The van der Waals surface area contributed by atoms with Gasteiger partial charge in [-0.3, -0.25) is 9.59 Å². The Morgan fingerprint density at radius 2 is 2.21 bits per heavy atom. The largest absolute Gasteiger partial charge is 0.481 e. The monoisotopic (exact) mass is 270 g/mol. The van der Waals surface area contributed by atoms with Crippen LogP contribution in [0.25, 0.3) is 0 Å². The fourth-order valence-electron chi connectivity index (χ4n) is 2.75. The van der Waals surface area contributed by atoms with Crippen LogP contribution in [0.2, 0.25) is 0 Å². The normalized spacial score (nSPS) is 38.9. The van der Waals surface area contributed by atoms with E-state index in [1.54, 1.807) is 6.92 Å². The van der Waals surface area contributed by atoms with Crippen LogP contribution < -0.4 is 10.6 Å². The zero-order chi connectivity index (χ0) is 14.0. The minimum absolute atomic E-state index is 0.116. The van der Waals surface area contributed by atoms with Crippen molar-refractivity contribution in [1.29, 1.82) is 0 Å². The number of nitrogens with one attached hydrogen (secondary N) is 2. The summed E-state index contributed by atoms with van der Waals surface area (Å²) in [4.78, 5) is 23.6. The van der Waals surface area contributed by atoms with Crippen LogP contribution in [-0.4, -0.2) is 48.8 Å². The molecule has 0 aliphatic carbocycles. The second-order valence-corrected chi connectivity index (χ2v) is 5.85. The Morgan fingerprint density at radius 3 is 2.84 bits per heavy atom. The molecule has 0 bridgehead atoms. The fraction of sp³-hybridized carbons (Fsp3) is 0.846. The molecule has 1 amide bonds. The van der Waals surface area contributed by atoms with Gasteiger partial charge in [0.1, 0.15) is 5.41 Å². The van der Waals surface area contributed by atoms with Crippen LogP contribution >= 0.6 is 0 Å². The maximum Gasteiger partial charge on any atom is 0.313 e. The van der Waals surface area contributed by atoms with E-state index in [9.17, 15) is 14.7 Å². The van der Waals surface area contributed by atoms with Crippen LogP contribution in [0.4, 0.5) is 0 Å². The van der Waals surface area contributed by atoms with E-state index in [1.165, 1.54) is 0 Å². The van der Waals surface area contributed by atoms with E-state index in [-0.39, 0.29) is 31.1 Å². The number of hydrogen-bond donors (Lipinski definition) is 3. The van der Waals surface area contributed by atoms with Gasteiger partial charge in [0.2, 0.25) is 5.91 Å². The van der Waals surface area contributed by atoms with E-state index < -0.39 is 17.4 Å². The number of hydrogen-bond acceptors (Lipinski definition) is 4. The van der Waals surface area contributed by atoms with E-state index in [4.69, 9.17) is 4.74 Å². The summed E-state index contributed by atoms with van der Waals surface area (Å²) in [6.45, 7) is 4.89. The standard InChI is InChI=1S/C13H22N2O4/c1-8-4-3-5-14-10(8)11(16)15-9-6-19-7-13(9,2)12(17)18/h8-10,14H,3-7H2,1-2H3,(H,15,16)(H,17,18). The quantitative estimate of drug-likeness (QED) is 0.671. The lowest BCUT2D eigenvalue weighted by molar-refractivity contribution is -0.149. The summed E-state index contributed by atoms with van der Waals surface area (Å²) in [7, 11) is 0. The summed E-state index contributed by atoms with van der Waals surface area (Å²) in [6.07, 6.45) is 2.09. The third-order valence-corrected chi connectivity index (χ3v) is 4.31. The first-order chi connectivity index (χ1) is 8.95. The smallest absolute Gasteiger partial charge is 0.313 e. The highest BCUT2D eigenvalue weighted by atomic mass is 16.5. The number of carboxylic acids is 1. The minimum atomic E-state index is -1.03. The van der Waals surface area contributed by atoms with Crippen LogP contribution in [0.15, 0.2) is 0 Å². The number of rotatable bonds is 3. The van der Waals surface area contributed by atoms with Crippen molar-refractivity contribution in [3.63, 3.8) is 0 Å². The minimum Gasteiger partial charge on any atom is -0.481 e. The molecular formula is C13H22N2O4. The number of aliphatic carboxylic acids is 1. The Bertz CT molecular complexity index is 374. The molecule has 2 aliphatic heterocycles. The van der Waals surface area contributed by atoms with Gasteiger partial charge < -0.3 is 20.5 Å². The van der Waals surface area contributed by atoms with Crippen molar-refractivity contribution in [2.24, 2.45) is 11.3 Å². The van der Waals surface area contributed by atoms with Crippen molar-refractivity contribution in [2.45, 2.75) is 38.8 Å². The van der Waals surface area contributed by atoms with Gasteiger partial charge in [-0.15, -0.1) is 0 Å². The van der Waals surface area contributed by atoms with Gasteiger partial charge in [-0.2, -0.15) is 0 Å². The number of piperidine rings is 1. The Balaban J connectivity index is 2.00. The van der Waals surface area contributed by atoms with Crippen molar-refractivity contribution < 1.29 is 19.4 Å². The summed E-state index contributed by atoms with van der Waals surface area (Å²) >= 11 is 0. The molecule has 2 fully saturated rings. The van der Waals surface area contributed by atoms with Crippen LogP contribution in [0.3, 0.4) is 0 Å². The van der Waals surface area contributed by atoms with E-state index in [1.807, 2.05) is 6.92 Å². The Labute approximate surface area is 112 Å². The van der Waals surface area contributed by atoms with Gasteiger partial charge in [-0.25, -0.2) is 0 Å². The maximum atomic E-state index is 12.3. The van der Waals surface area contributed by atoms with Gasteiger partial charge in [-0.05, 0) is 32.2 Å². The molecule has 19 heavy (non-hydrogen) atoms. The van der Waals surface area contributed by atoms with Crippen molar-refractivity contribution in [3.8, 4) is 0 Å². The second-order valence-electron chi connectivity index (χ2n) is 5.85. The molecule has 0 radical (unpaired) electrons. The third kappa shape index (κ3) is 2.74. The predicted octanol–water partition coefficient (Wildman–Crippen LogP) is -0.0196. The highest BCUT2D eigenvalue weighted by Gasteiger charge is 2.48. The lowest BCUT2D eigenvalue weighted by atomic mass is 9.84. The van der Waals surface area contributed by atoms with E-state index in [0.29, 0.717) is 0 Å². The molecule has 0 spiro atoms. The summed E-state index contributed by atoms with van der Waals surface area (Å²) < 4.78 is 5.23. The van der Waals surface area contributed by atoms with Gasteiger partial charge in [0.05, 0.1) is 25.3 Å². The molecule has 0 aromatic carbocycles. The number of carbonyl (C=O) groups excluding carboxylic acids is 1. The second kappa shape index (κ2) is 5.46. The topological polar surface area (TPSA) is 87.7 Å². The summed E-state index contributed by atoms with van der Waals surface area (Å²) in [6, 6.07) is -0.694. The van der Waals surface area contributed by atoms with Crippen molar-refractivity contribution in [1.82, 2.24) is 10.6 Å². The number of amides is 1. The Hall–Kier alpha value is -1.14. The van der Waals surface area contributed by atoms with Gasteiger partial charge in [0.25, 0.3) is 0 Å². The molecule has 2 heterocycles. The molecule has 6 nitrogen and oxygen atoms in total. The molecule has 2 rings (SSSR count). The predicted molar refractivity (Wildman–Crippen MR) is 68.7 cm³/mol. The average Bonchev–Trinajstić information content (AvgIpc) is 2.73. The van der Waals surface area contributed by atoms with Crippen molar-refractivity contribution >= 4 is 11.9 Å². The third-order valence-electron chi connectivity index (χ3n) is 4.31. The van der Waals surface area contributed by atoms with Crippen LogP contribution in [0, 0.1) is 11.3 Å². The van der Waals surface area contributed by atoms with E-state index >= 15 is 0 Å². The highest BCUT2D eigenvalue weighted by Crippen LogP contribution is 2.29. The first-order valence-electron chi connectivity index (χ1n) is 6.80. The molecule has 4 unspecified atom stereocenters. The summed E-state index contributed by atoms with van der Waals surface area (Å²) in [5.74, 6) is -0.776. The average molecular weight is 270 g/mol. The van der Waals surface area contributed by atoms with Gasteiger partial charge in [0, 0.05) is 0 Å². The van der Waals surface area contributed by atoms with E-state index in [0.717, 1.165) is 19.4 Å². The molecule has 3 N–H and O–H groups in total. The number of carboxylic acid groups (broad SMARTS) is 1. The molecule has 4 atom stereocenters. The zero-order valence-corrected chi connectivity index (χ0v) is 11.4. The Kier molecular flexibility index (Phi) is 4.10. The Morgan fingerprint density at radius 1 is 1.47 bits per heavy atom. The lowest BCUT2D eigenvalue weighted by Crippen LogP contribution is -2.57. The zero-order valence-electron chi connectivity index (χ0n) is 11.4. The fourth-order valence-corrected chi connectivity index (χ4v) is 2.75. The van der Waals surface area contributed by atoms with Crippen molar-refractivity contribution in [2.75, 3.05) is 19.8 Å². The molecule has 108 valence electrons. The molecule has 6 heteroatoms. The first kappa shape index (κ1) is 14.3. The summed E-state index contributed by atoms with van der Waals surface area (Å²) in [5, 5.41) is 15.3. The lowest BCUT2D eigenvalue weighted by Gasteiger charge is -2.32. The van der Waals surface area contributed by atoms with E-state index in [2.05, 4.69) is 10.6 Å². The van der Waals surface area contributed by atoms with Gasteiger partial charge >= 0.3 is 5.97 Å². The van der Waals surface area contributed by atoms with Crippen molar-refractivity contribution in [3.05, 3.63) is 0 Å². The number of carbonyl (C=O) groups is 2. The summed E-state index contributed by atoms with van der Waals surface area (Å²) in [5.41, 5.74) is -1.03.